The van der Waals surface area contributed by atoms with Crippen LogP contribution in [0.5, 0.6) is 0 Å². The van der Waals surface area contributed by atoms with E-state index < -0.39 is 0 Å². The van der Waals surface area contributed by atoms with E-state index in [1.807, 2.05) is 30.3 Å². The van der Waals surface area contributed by atoms with Gasteiger partial charge in [-0.25, -0.2) is 0 Å². The van der Waals surface area contributed by atoms with Crippen molar-refractivity contribution in [1.29, 1.82) is 5.26 Å². The summed E-state index contributed by atoms with van der Waals surface area (Å²) in [5.74, 6) is 0. The minimum Gasteiger partial charge on any atom is -0.385 e. The van der Waals surface area contributed by atoms with Gasteiger partial charge in [0.05, 0.1) is 11.6 Å². The third-order valence-corrected chi connectivity index (χ3v) is 3.33. The molecule has 0 saturated heterocycles. The Kier molecular flexibility index (Phi) is 5.81. The second-order valence-corrected chi connectivity index (χ2v) is 5.20. The molecule has 0 fully saturated rings. The molecule has 0 aromatic heterocycles. The van der Waals surface area contributed by atoms with Crippen LogP contribution in [-0.4, -0.2) is 25.0 Å². The summed E-state index contributed by atoms with van der Waals surface area (Å²) in [7, 11) is 2.14. The summed E-state index contributed by atoms with van der Waals surface area (Å²) in [6, 6.07) is 20.3. The van der Waals surface area contributed by atoms with E-state index in [1.54, 1.807) is 0 Å². The molecule has 0 aliphatic rings. The minimum absolute atomic E-state index is 0.696. The van der Waals surface area contributed by atoms with Gasteiger partial charge < -0.3 is 10.2 Å². The summed E-state index contributed by atoms with van der Waals surface area (Å²) >= 11 is 0. The number of nitrogens with one attached hydrogen (secondary N) is 1. The Morgan fingerprint density at radius 2 is 1.90 bits per heavy atom. The van der Waals surface area contributed by atoms with E-state index in [-0.39, 0.29) is 0 Å². The summed E-state index contributed by atoms with van der Waals surface area (Å²) in [4.78, 5) is 2.32. The lowest BCUT2D eigenvalue weighted by atomic mass is 10.2. The van der Waals surface area contributed by atoms with E-state index in [2.05, 4.69) is 47.6 Å². The van der Waals surface area contributed by atoms with Crippen LogP contribution in [0.15, 0.2) is 54.6 Å². The van der Waals surface area contributed by atoms with Gasteiger partial charge >= 0.3 is 0 Å². The van der Waals surface area contributed by atoms with Crippen LogP contribution < -0.4 is 5.32 Å². The smallest absolute Gasteiger partial charge is 0.0992 e. The molecule has 1 N–H and O–H groups in total. The second kappa shape index (κ2) is 8.08. The number of hydrogen-bond donors (Lipinski definition) is 1. The minimum atomic E-state index is 0.696. The van der Waals surface area contributed by atoms with Crippen molar-refractivity contribution in [3.8, 4) is 6.07 Å². The molecule has 0 bridgehead atoms. The lowest BCUT2D eigenvalue weighted by Crippen LogP contribution is -2.21. The first-order valence-corrected chi connectivity index (χ1v) is 7.24. The quantitative estimate of drug-likeness (QED) is 0.789. The predicted octanol–water partition coefficient (Wildman–Crippen LogP) is 3.49. The van der Waals surface area contributed by atoms with Crippen LogP contribution in [0.25, 0.3) is 0 Å². The van der Waals surface area contributed by atoms with Gasteiger partial charge in [0.15, 0.2) is 0 Å². The number of hydrogen-bond acceptors (Lipinski definition) is 3. The molecule has 21 heavy (non-hydrogen) atoms. The molecular weight excluding hydrogens is 258 g/mol. The topological polar surface area (TPSA) is 39.1 Å². The molecule has 0 radical (unpaired) electrons. The van der Waals surface area contributed by atoms with Crippen molar-refractivity contribution in [3.05, 3.63) is 65.7 Å². The van der Waals surface area contributed by atoms with Crippen LogP contribution in [-0.2, 0) is 6.54 Å². The van der Waals surface area contributed by atoms with Crippen molar-refractivity contribution in [3.63, 3.8) is 0 Å². The molecule has 0 heterocycles. The Morgan fingerprint density at radius 3 is 2.67 bits per heavy atom. The van der Waals surface area contributed by atoms with E-state index in [0.29, 0.717) is 5.56 Å². The summed E-state index contributed by atoms with van der Waals surface area (Å²) in [6.07, 6.45) is 1.07. The van der Waals surface area contributed by atoms with Gasteiger partial charge in [0.1, 0.15) is 0 Å². The molecule has 0 aliphatic carbocycles. The Labute approximate surface area is 126 Å². The van der Waals surface area contributed by atoms with Gasteiger partial charge in [0.2, 0.25) is 0 Å². The van der Waals surface area contributed by atoms with Gasteiger partial charge in [0, 0.05) is 18.8 Å². The monoisotopic (exact) mass is 279 g/mol. The fourth-order valence-electron chi connectivity index (χ4n) is 2.25. The third-order valence-electron chi connectivity index (χ3n) is 3.33. The van der Waals surface area contributed by atoms with Gasteiger partial charge in [-0.15, -0.1) is 0 Å². The Balaban J connectivity index is 1.68. The molecule has 0 unspecified atom stereocenters. The molecule has 0 saturated carbocycles. The lowest BCUT2D eigenvalue weighted by molar-refractivity contribution is 0.325. The van der Waals surface area contributed by atoms with Gasteiger partial charge in [-0.2, -0.15) is 5.26 Å². The van der Waals surface area contributed by atoms with Crippen molar-refractivity contribution >= 4 is 5.69 Å². The first kappa shape index (κ1) is 15.1. The predicted molar refractivity (Wildman–Crippen MR) is 87.0 cm³/mol. The maximum Gasteiger partial charge on any atom is 0.0992 e. The molecule has 3 nitrogen and oxygen atoms in total. The highest BCUT2D eigenvalue weighted by molar-refractivity contribution is 5.48. The Morgan fingerprint density at radius 1 is 1.10 bits per heavy atom. The number of nitriles is 1. The first-order valence-electron chi connectivity index (χ1n) is 7.24. The zero-order valence-electron chi connectivity index (χ0n) is 12.4. The van der Waals surface area contributed by atoms with Crippen LogP contribution in [0.4, 0.5) is 5.69 Å². The largest absolute Gasteiger partial charge is 0.385 e. The van der Waals surface area contributed by atoms with E-state index >= 15 is 0 Å². The second-order valence-electron chi connectivity index (χ2n) is 5.20. The zero-order valence-corrected chi connectivity index (χ0v) is 12.4. The van der Waals surface area contributed by atoms with E-state index in [4.69, 9.17) is 5.26 Å². The molecule has 2 aromatic carbocycles. The molecule has 0 amide bonds. The number of benzene rings is 2. The van der Waals surface area contributed by atoms with Crippen LogP contribution in [0.3, 0.4) is 0 Å². The molecule has 0 aliphatic heterocycles. The Bertz CT molecular complexity index is 587. The molecule has 2 aromatic rings. The third kappa shape index (κ3) is 5.29. The SMILES string of the molecule is CN(CCCNc1cccc(C#N)c1)Cc1ccccc1. The van der Waals surface area contributed by atoms with Crippen LogP contribution >= 0.6 is 0 Å². The fourth-order valence-corrected chi connectivity index (χ4v) is 2.25. The summed E-state index contributed by atoms with van der Waals surface area (Å²) in [5, 5.41) is 12.2. The van der Waals surface area contributed by atoms with Gasteiger partial charge in [-0.3, -0.25) is 0 Å². The van der Waals surface area contributed by atoms with Gasteiger partial charge in [0.25, 0.3) is 0 Å². The van der Waals surface area contributed by atoms with Gasteiger partial charge in [-0.1, -0.05) is 36.4 Å². The zero-order chi connectivity index (χ0) is 14.9. The van der Waals surface area contributed by atoms with Crippen molar-refractivity contribution < 1.29 is 0 Å². The van der Waals surface area contributed by atoms with E-state index in [1.165, 1.54) is 5.56 Å². The van der Waals surface area contributed by atoms with Crippen molar-refractivity contribution in [2.75, 3.05) is 25.5 Å². The number of rotatable bonds is 7. The van der Waals surface area contributed by atoms with E-state index in [0.717, 1.165) is 31.7 Å². The maximum absolute atomic E-state index is 8.86. The summed E-state index contributed by atoms with van der Waals surface area (Å²) < 4.78 is 0. The molecule has 108 valence electrons. The Hall–Kier alpha value is -2.31. The van der Waals surface area contributed by atoms with Crippen molar-refractivity contribution in [1.82, 2.24) is 4.90 Å². The van der Waals surface area contributed by atoms with Gasteiger partial charge in [-0.05, 0) is 43.8 Å². The summed E-state index contributed by atoms with van der Waals surface area (Å²) in [6.45, 7) is 2.93. The normalized spacial score (nSPS) is 10.3. The standard InChI is InChI=1S/C18H21N3/c1-21(15-16-7-3-2-4-8-16)12-6-11-20-18-10-5-9-17(13-18)14-19/h2-5,7-10,13,20H,6,11-12,15H2,1H3. The number of nitrogens with zero attached hydrogens (tertiary/aromatic N) is 2. The molecular formula is C18H21N3. The summed E-state index contributed by atoms with van der Waals surface area (Å²) in [5.41, 5.74) is 3.05. The molecule has 0 atom stereocenters. The van der Waals surface area contributed by atoms with Crippen molar-refractivity contribution in [2.45, 2.75) is 13.0 Å². The highest BCUT2D eigenvalue weighted by Gasteiger charge is 2.00. The average molecular weight is 279 g/mol. The highest BCUT2D eigenvalue weighted by atomic mass is 15.1. The molecule has 0 spiro atoms. The lowest BCUT2D eigenvalue weighted by Gasteiger charge is -2.17. The fraction of sp³-hybridized carbons (Fsp3) is 0.278. The van der Waals surface area contributed by atoms with Crippen LogP contribution in [0.2, 0.25) is 0 Å². The molecule has 3 heteroatoms. The van der Waals surface area contributed by atoms with Crippen LogP contribution in [0.1, 0.15) is 17.5 Å². The van der Waals surface area contributed by atoms with E-state index in [9.17, 15) is 0 Å². The average Bonchev–Trinajstić information content (AvgIpc) is 2.53. The molecule has 2 rings (SSSR count). The van der Waals surface area contributed by atoms with Crippen molar-refractivity contribution in [2.24, 2.45) is 0 Å². The van der Waals surface area contributed by atoms with Crippen LogP contribution in [0, 0.1) is 11.3 Å². The first-order chi connectivity index (χ1) is 10.3. The highest BCUT2D eigenvalue weighted by Crippen LogP contribution is 2.09. The number of anilines is 1. The maximum atomic E-state index is 8.86.